The Bertz CT molecular complexity index is 915. The van der Waals surface area contributed by atoms with Crippen LogP contribution in [0.2, 0.25) is 0 Å². The second-order valence-electron chi connectivity index (χ2n) is 6.91. The molecule has 0 spiro atoms. The van der Waals surface area contributed by atoms with Crippen molar-refractivity contribution in [3.05, 3.63) is 59.2 Å². The fraction of sp³-hybridized carbons (Fsp3) is 0.381. The van der Waals surface area contributed by atoms with Crippen molar-refractivity contribution in [2.45, 2.75) is 44.4 Å². The van der Waals surface area contributed by atoms with Gasteiger partial charge in [0.25, 0.3) is 5.91 Å². The monoisotopic (exact) mass is 386 g/mol. The van der Waals surface area contributed by atoms with E-state index in [1.54, 1.807) is 12.1 Å². The topological polar surface area (TPSA) is 66.5 Å². The smallest absolute Gasteiger partial charge is 0.255 e. The average molecular weight is 387 g/mol. The molecule has 3 rings (SSSR count). The van der Waals surface area contributed by atoms with Crippen LogP contribution in [0.15, 0.2) is 47.4 Å². The van der Waals surface area contributed by atoms with E-state index in [1.165, 1.54) is 16.4 Å². The lowest BCUT2D eigenvalue weighted by molar-refractivity contribution is 0.102. The van der Waals surface area contributed by atoms with Gasteiger partial charge in [0.2, 0.25) is 10.0 Å². The molecule has 1 saturated heterocycles. The lowest BCUT2D eigenvalue weighted by atomic mass is 10.1. The maximum atomic E-state index is 12.7. The summed E-state index contributed by atoms with van der Waals surface area (Å²) in [4.78, 5) is 12.9. The first-order valence-electron chi connectivity index (χ1n) is 9.43. The molecule has 144 valence electrons. The van der Waals surface area contributed by atoms with Crippen LogP contribution in [-0.2, 0) is 16.4 Å². The fourth-order valence-electron chi connectivity index (χ4n) is 3.42. The number of carbonyl (C=O) groups excluding carboxylic acids is 1. The number of hydrogen-bond donors (Lipinski definition) is 1. The number of benzene rings is 2. The molecular weight excluding hydrogens is 360 g/mol. The Labute approximate surface area is 161 Å². The van der Waals surface area contributed by atoms with Crippen molar-refractivity contribution in [2.75, 3.05) is 18.4 Å². The first kappa shape index (κ1) is 19.6. The number of para-hydroxylation sites is 1. The van der Waals surface area contributed by atoms with Gasteiger partial charge in [-0.3, -0.25) is 4.79 Å². The fourth-order valence-corrected chi connectivity index (χ4v) is 4.94. The van der Waals surface area contributed by atoms with Gasteiger partial charge in [-0.15, -0.1) is 0 Å². The summed E-state index contributed by atoms with van der Waals surface area (Å²) in [5.41, 5.74) is 3.35. The van der Waals surface area contributed by atoms with E-state index in [0.29, 0.717) is 18.7 Å². The second kappa shape index (κ2) is 8.23. The molecule has 1 amide bonds. The molecule has 2 aromatic carbocycles. The highest BCUT2D eigenvalue weighted by Gasteiger charge is 2.26. The van der Waals surface area contributed by atoms with Crippen molar-refractivity contribution >= 4 is 21.6 Å². The minimum atomic E-state index is -3.48. The third-order valence-corrected chi connectivity index (χ3v) is 6.96. The summed E-state index contributed by atoms with van der Waals surface area (Å²) >= 11 is 0. The molecule has 0 aliphatic carbocycles. The van der Waals surface area contributed by atoms with Crippen LogP contribution in [-0.4, -0.2) is 31.7 Å². The maximum Gasteiger partial charge on any atom is 0.255 e. The average Bonchev–Trinajstić information content (AvgIpc) is 2.70. The number of rotatable bonds is 5. The van der Waals surface area contributed by atoms with Gasteiger partial charge in [0.1, 0.15) is 0 Å². The normalized spacial score (nSPS) is 15.5. The molecule has 6 heteroatoms. The Morgan fingerprint density at radius 1 is 1.04 bits per heavy atom. The summed E-state index contributed by atoms with van der Waals surface area (Å²) in [6.07, 6.45) is 3.69. The van der Waals surface area contributed by atoms with Crippen LogP contribution in [0.1, 0.15) is 47.7 Å². The Kier molecular flexibility index (Phi) is 5.97. The molecule has 0 unspecified atom stereocenters. The number of nitrogens with one attached hydrogen (secondary N) is 1. The minimum absolute atomic E-state index is 0.235. The molecule has 5 nitrogen and oxygen atoms in total. The summed E-state index contributed by atoms with van der Waals surface area (Å²) in [6, 6.07) is 12.1. The first-order chi connectivity index (χ1) is 12.9. The van der Waals surface area contributed by atoms with Crippen molar-refractivity contribution in [1.82, 2.24) is 4.31 Å². The van der Waals surface area contributed by atoms with Gasteiger partial charge in [-0.1, -0.05) is 31.5 Å². The molecule has 1 N–H and O–H groups in total. The summed E-state index contributed by atoms with van der Waals surface area (Å²) in [6.45, 7) is 5.14. The molecule has 0 radical (unpaired) electrons. The number of nitrogens with zero attached hydrogens (tertiary/aromatic N) is 1. The van der Waals surface area contributed by atoms with Crippen molar-refractivity contribution in [3.63, 3.8) is 0 Å². The molecule has 1 heterocycles. The Hall–Kier alpha value is -2.18. The van der Waals surface area contributed by atoms with Gasteiger partial charge in [0, 0.05) is 24.3 Å². The highest BCUT2D eigenvalue weighted by Crippen LogP contribution is 2.23. The number of piperidine rings is 1. The molecule has 0 aromatic heterocycles. The van der Waals surface area contributed by atoms with Gasteiger partial charge in [-0.25, -0.2) is 8.42 Å². The number of hydrogen-bond acceptors (Lipinski definition) is 3. The van der Waals surface area contributed by atoms with Crippen LogP contribution in [0.4, 0.5) is 5.69 Å². The SMILES string of the molecule is CCc1cccc(C)c1NC(=O)c1ccc(S(=O)(=O)N2CCCCC2)cc1. The van der Waals surface area contributed by atoms with Gasteiger partial charge >= 0.3 is 0 Å². The molecule has 0 bridgehead atoms. The summed E-state index contributed by atoms with van der Waals surface area (Å²) in [5, 5.41) is 2.97. The van der Waals surface area contributed by atoms with Crippen LogP contribution >= 0.6 is 0 Å². The van der Waals surface area contributed by atoms with Crippen LogP contribution in [0.25, 0.3) is 0 Å². The zero-order valence-electron chi connectivity index (χ0n) is 15.9. The quantitative estimate of drug-likeness (QED) is 0.845. The molecule has 1 fully saturated rings. The zero-order valence-corrected chi connectivity index (χ0v) is 16.7. The van der Waals surface area contributed by atoms with E-state index in [4.69, 9.17) is 0 Å². The third-order valence-electron chi connectivity index (χ3n) is 5.05. The molecule has 2 aromatic rings. The maximum absolute atomic E-state index is 12.7. The molecular formula is C21H26N2O3S. The third kappa shape index (κ3) is 4.22. The van der Waals surface area contributed by atoms with Gasteiger partial charge in [0.15, 0.2) is 0 Å². The zero-order chi connectivity index (χ0) is 19.4. The summed E-state index contributed by atoms with van der Waals surface area (Å²) in [5.74, 6) is -0.235. The number of amides is 1. The van der Waals surface area contributed by atoms with Crippen molar-refractivity contribution in [2.24, 2.45) is 0 Å². The summed E-state index contributed by atoms with van der Waals surface area (Å²) in [7, 11) is -3.48. The summed E-state index contributed by atoms with van der Waals surface area (Å²) < 4.78 is 27.0. The van der Waals surface area contributed by atoms with Crippen LogP contribution in [0, 0.1) is 6.92 Å². The van der Waals surface area contributed by atoms with E-state index in [9.17, 15) is 13.2 Å². The molecule has 0 atom stereocenters. The molecule has 0 saturated carbocycles. The van der Waals surface area contributed by atoms with E-state index in [1.807, 2.05) is 32.0 Å². The van der Waals surface area contributed by atoms with Crippen LogP contribution in [0.5, 0.6) is 0 Å². The Balaban J connectivity index is 1.78. The number of carbonyl (C=O) groups is 1. The van der Waals surface area contributed by atoms with Crippen LogP contribution < -0.4 is 5.32 Å². The van der Waals surface area contributed by atoms with E-state index in [0.717, 1.165) is 42.5 Å². The van der Waals surface area contributed by atoms with Gasteiger partial charge in [-0.05, 0) is 61.6 Å². The minimum Gasteiger partial charge on any atom is -0.321 e. The largest absolute Gasteiger partial charge is 0.321 e. The first-order valence-corrected chi connectivity index (χ1v) is 10.9. The van der Waals surface area contributed by atoms with E-state index < -0.39 is 10.0 Å². The molecule has 1 aliphatic rings. The van der Waals surface area contributed by atoms with Crippen LogP contribution in [0.3, 0.4) is 0 Å². The lowest BCUT2D eigenvalue weighted by Crippen LogP contribution is -2.35. The Morgan fingerprint density at radius 2 is 1.70 bits per heavy atom. The number of sulfonamides is 1. The van der Waals surface area contributed by atoms with Gasteiger partial charge in [0.05, 0.1) is 4.90 Å². The highest BCUT2D eigenvalue weighted by atomic mass is 32.2. The number of aryl methyl sites for hydroxylation is 2. The lowest BCUT2D eigenvalue weighted by Gasteiger charge is -2.25. The van der Waals surface area contributed by atoms with Gasteiger partial charge < -0.3 is 5.32 Å². The van der Waals surface area contributed by atoms with E-state index in [2.05, 4.69) is 5.32 Å². The Morgan fingerprint density at radius 3 is 2.33 bits per heavy atom. The van der Waals surface area contributed by atoms with E-state index >= 15 is 0 Å². The van der Waals surface area contributed by atoms with Crippen molar-refractivity contribution in [3.8, 4) is 0 Å². The molecule has 1 aliphatic heterocycles. The number of anilines is 1. The standard InChI is InChI=1S/C21H26N2O3S/c1-3-17-9-7-8-16(2)20(17)22-21(24)18-10-12-19(13-11-18)27(25,26)23-14-5-4-6-15-23/h7-13H,3-6,14-15H2,1-2H3,(H,22,24). The van der Waals surface area contributed by atoms with Gasteiger partial charge in [-0.2, -0.15) is 4.31 Å². The highest BCUT2D eigenvalue weighted by molar-refractivity contribution is 7.89. The van der Waals surface area contributed by atoms with Crippen molar-refractivity contribution < 1.29 is 13.2 Å². The predicted octanol–water partition coefficient (Wildman–Crippen LogP) is 3.98. The van der Waals surface area contributed by atoms with Crippen molar-refractivity contribution in [1.29, 1.82) is 0 Å². The predicted molar refractivity (Wildman–Crippen MR) is 108 cm³/mol. The second-order valence-corrected chi connectivity index (χ2v) is 8.84. The molecule has 27 heavy (non-hydrogen) atoms. The van der Waals surface area contributed by atoms with E-state index in [-0.39, 0.29) is 10.8 Å².